The van der Waals surface area contributed by atoms with Crippen molar-refractivity contribution in [2.75, 3.05) is 0 Å². The quantitative estimate of drug-likeness (QED) is 0.579. The molecule has 0 saturated heterocycles. The van der Waals surface area contributed by atoms with Crippen LogP contribution in [0.15, 0.2) is 41.3 Å². The van der Waals surface area contributed by atoms with E-state index in [1.807, 2.05) is 43.5 Å². The zero-order valence-corrected chi connectivity index (χ0v) is 8.82. The summed E-state index contributed by atoms with van der Waals surface area (Å²) in [5.74, 6) is 0. The lowest BCUT2D eigenvalue weighted by molar-refractivity contribution is 1.21. The van der Waals surface area contributed by atoms with Gasteiger partial charge < -0.3 is 4.98 Å². The van der Waals surface area contributed by atoms with Crippen LogP contribution in [0.4, 0.5) is 0 Å². The van der Waals surface area contributed by atoms with Gasteiger partial charge in [-0.3, -0.25) is 9.78 Å². The molecule has 1 N–H and O–H groups in total. The van der Waals surface area contributed by atoms with E-state index in [-0.39, 0.29) is 5.56 Å². The molecule has 0 saturated carbocycles. The largest absolute Gasteiger partial charge is 0.321 e. The highest BCUT2D eigenvalue weighted by molar-refractivity contribution is 6.04. The van der Waals surface area contributed by atoms with Crippen LogP contribution in [-0.2, 0) is 0 Å². The van der Waals surface area contributed by atoms with Crippen LogP contribution < -0.4 is 5.56 Å². The molecule has 0 bridgehead atoms. The van der Waals surface area contributed by atoms with E-state index in [1.54, 1.807) is 0 Å². The molecule has 3 aromatic rings. The van der Waals surface area contributed by atoms with E-state index in [1.165, 1.54) is 0 Å². The van der Waals surface area contributed by atoms with Gasteiger partial charge in [-0.2, -0.15) is 0 Å². The lowest BCUT2D eigenvalue weighted by Gasteiger charge is -2.03. The standard InChI is InChI=1S/C13H10N2O/c1-8-6-12-11(7-14-8)9-4-2-3-5-10(9)13(16)15-12/h2-7H,1H3,(H,15,16). The number of fused-ring (bicyclic) bond motifs is 3. The first-order valence-corrected chi connectivity index (χ1v) is 5.13. The Morgan fingerprint density at radius 3 is 2.69 bits per heavy atom. The van der Waals surface area contributed by atoms with Crippen molar-refractivity contribution in [2.24, 2.45) is 0 Å². The molecule has 0 fully saturated rings. The highest BCUT2D eigenvalue weighted by atomic mass is 16.1. The summed E-state index contributed by atoms with van der Waals surface area (Å²) in [6.07, 6.45) is 1.81. The van der Waals surface area contributed by atoms with E-state index >= 15 is 0 Å². The zero-order valence-electron chi connectivity index (χ0n) is 8.82. The Morgan fingerprint density at radius 2 is 1.88 bits per heavy atom. The molecular formula is C13H10N2O. The van der Waals surface area contributed by atoms with Crippen LogP contribution >= 0.6 is 0 Å². The van der Waals surface area contributed by atoms with Crippen LogP contribution in [0.2, 0.25) is 0 Å². The van der Waals surface area contributed by atoms with Crippen molar-refractivity contribution in [2.45, 2.75) is 6.92 Å². The Kier molecular flexibility index (Phi) is 1.80. The molecule has 2 heterocycles. The first-order chi connectivity index (χ1) is 7.75. The third kappa shape index (κ3) is 1.21. The number of nitrogens with zero attached hydrogens (tertiary/aromatic N) is 1. The van der Waals surface area contributed by atoms with Gasteiger partial charge in [0, 0.05) is 22.7 Å². The molecule has 0 aliphatic heterocycles. The van der Waals surface area contributed by atoms with Gasteiger partial charge in [-0.25, -0.2) is 0 Å². The second-order valence-corrected chi connectivity index (χ2v) is 3.87. The molecule has 78 valence electrons. The molecular weight excluding hydrogens is 200 g/mol. The number of aromatic amines is 1. The fourth-order valence-corrected chi connectivity index (χ4v) is 1.98. The minimum Gasteiger partial charge on any atom is -0.321 e. The van der Waals surface area contributed by atoms with Crippen molar-refractivity contribution in [3.05, 3.63) is 52.6 Å². The van der Waals surface area contributed by atoms with Gasteiger partial charge in [0.15, 0.2) is 0 Å². The Bertz CT molecular complexity index is 744. The second kappa shape index (κ2) is 3.17. The van der Waals surface area contributed by atoms with Gasteiger partial charge in [0.2, 0.25) is 0 Å². The Labute approximate surface area is 91.8 Å². The van der Waals surface area contributed by atoms with Crippen molar-refractivity contribution in [3.63, 3.8) is 0 Å². The minimum absolute atomic E-state index is 0.0475. The Balaban J connectivity index is 2.64. The maximum atomic E-state index is 11.8. The lowest BCUT2D eigenvalue weighted by atomic mass is 10.1. The number of aryl methyl sites for hydroxylation is 1. The molecule has 1 aromatic carbocycles. The number of hydrogen-bond acceptors (Lipinski definition) is 2. The minimum atomic E-state index is -0.0475. The Hall–Kier alpha value is -2.16. The van der Waals surface area contributed by atoms with Gasteiger partial charge in [0.1, 0.15) is 0 Å². The molecule has 0 unspecified atom stereocenters. The summed E-state index contributed by atoms with van der Waals surface area (Å²) in [5.41, 5.74) is 1.70. The van der Waals surface area contributed by atoms with Crippen LogP contribution in [-0.4, -0.2) is 9.97 Å². The average molecular weight is 210 g/mol. The van der Waals surface area contributed by atoms with Gasteiger partial charge in [0.05, 0.1) is 5.52 Å². The van der Waals surface area contributed by atoms with E-state index in [0.29, 0.717) is 5.39 Å². The molecule has 3 rings (SSSR count). The number of pyridine rings is 2. The topological polar surface area (TPSA) is 45.8 Å². The third-order valence-corrected chi connectivity index (χ3v) is 2.75. The van der Waals surface area contributed by atoms with Gasteiger partial charge in [-0.1, -0.05) is 18.2 Å². The third-order valence-electron chi connectivity index (χ3n) is 2.75. The van der Waals surface area contributed by atoms with Crippen molar-refractivity contribution >= 4 is 21.7 Å². The van der Waals surface area contributed by atoms with Crippen LogP contribution in [0, 0.1) is 6.92 Å². The first kappa shape index (κ1) is 9.09. The fraction of sp³-hybridized carbons (Fsp3) is 0.0769. The molecule has 3 nitrogen and oxygen atoms in total. The SMILES string of the molecule is Cc1cc2[nH]c(=O)c3ccccc3c2cn1. The summed E-state index contributed by atoms with van der Waals surface area (Å²) in [5, 5.41) is 2.65. The maximum absolute atomic E-state index is 11.8. The van der Waals surface area contributed by atoms with Crippen molar-refractivity contribution in [1.82, 2.24) is 9.97 Å². The molecule has 0 radical (unpaired) electrons. The summed E-state index contributed by atoms with van der Waals surface area (Å²) in [4.78, 5) is 19.0. The Morgan fingerprint density at radius 1 is 1.12 bits per heavy atom. The molecule has 0 amide bonds. The summed E-state index contributed by atoms with van der Waals surface area (Å²) in [6, 6.07) is 9.46. The molecule has 0 aliphatic carbocycles. The van der Waals surface area contributed by atoms with Crippen LogP contribution in [0.1, 0.15) is 5.69 Å². The van der Waals surface area contributed by atoms with E-state index in [0.717, 1.165) is 22.0 Å². The van der Waals surface area contributed by atoms with Gasteiger partial charge in [-0.15, -0.1) is 0 Å². The number of rotatable bonds is 0. The number of nitrogens with one attached hydrogen (secondary N) is 1. The summed E-state index contributed by atoms with van der Waals surface area (Å²) in [6.45, 7) is 1.91. The van der Waals surface area contributed by atoms with E-state index < -0.39 is 0 Å². The van der Waals surface area contributed by atoms with Crippen LogP contribution in [0.25, 0.3) is 21.7 Å². The summed E-state index contributed by atoms with van der Waals surface area (Å²) >= 11 is 0. The number of hydrogen-bond donors (Lipinski definition) is 1. The van der Waals surface area contributed by atoms with Crippen LogP contribution in [0.3, 0.4) is 0 Å². The molecule has 0 spiro atoms. The molecule has 2 aromatic heterocycles. The highest BCUT2D eigenvalue weighted by Crippen LogP contribution is 2.20. The number of H-pyrrole nitrogens is 1. The average Bonchev–Trinajstić information content (AvgIpc) is 2.29. The lowest BCUT2D eigenvalue weighted by Crippen LogP contribution is -2.06. The van der Waals surface area contributed by atoms with Gasteiger partial charge in [-0.05, 0) is 24.4 Å². The smallest absolute Gasteiger partial charge is 0.256 e. The normalized spacial score (nSPS) is 11.1. The predicted octanol–water partition coefficient (Wildman–Crippen LogP) is 2.38. The van der Waals surface area contributed by atoms with Gasteiger partial charge >= 0.3 is 0 Å². The fourth-order valence-electron chi connectivity index (χ4n) is 1.98. The van der Waals surface area contributed by atoms with Crippen molar-refractivity contribution < 1.29 is 0 Å². The monoisotopic (exact) mass is 210 g/mol. The van der Waals surface area contributed by atoms with Crippen molar-refractivity contribution in [3.8, 4) is 0 Å². The first-order valence-electron chi connectivity index (χ1n) is 5.13. The molecule has 0 atom stereocenters. The van der Waals surface area contributed by atoms with Crippen LogP contribution in [0.5, 0.6) is 0 Å². The van der Waals surface area contributed by atoms with E-state index in [4.69, 9.17) is 0 Å². The molecule has 3 heteroatoms. The summed E-state index contributed by atoms with van der Waals surface area (Å²) in [7, 11) is 0. The van der Waals surface area contributed by atoms with Gasteiger partial charge in [0.25, 0.3) is 5.56 Å². The summed E-state index contributed by atoms with van der Waals surface area (Å²) < 4.78 is 0. The second-order valence-electron chi connectivity index (χ2n) is 3.87. The maximum Gasteiger partial charge on any atom is 0.256 e. The van der Waals surface area contributed by atoms with Crippen molar-refractivity contribution in [1.29, 1.82) is 0 Å². The predicted molar refractivity (Wildman–Crippen MR) is 64.6 cm³/mol. The van der Waals surface area contributed by atoms with E-state index in [9.17, 15) is 4.79 Å². The number of benzene rings is 1. The highest BCUT2D eigenvalue weighted by Gasteiger charge is 2.04. The molecule has 0 aliphatic rings. The number of aromatic nitrogens is 2. The van der Waals surface area contributed by atoms with E-state index in [2.05, 4.69) is 9.97 Å². The zero-order chi connectivity index (χ0) is 11.1. The molecule has 16 heavy (non-hydrogen) atoms.